The lowest BCUT2D eigenvalue weighted by Gasteiger charge is -2.19. The first-order valence-electron chi connectivity index (χ1n) is 6.72. The number of amides is 1. The molecule has 1 aromatic rings. The maximum atomic E-state index is 11.8. The van der Waals surface area contributed by atoms with Gasteiger partial charge in [-0.1, -0.05) is 6.92 Å². The molecule has 0 fully saturated rings. The number of hydrogen-bond acceptors (Lipinski definition) is 5. The van der Waals surface area contributed by atoms with E-state index >= 15 is 0 Å². The Morgan fingerprint density at radius 3 is 2.60 bits per heavy atom. The van der Waals surface area contributed by atoms with Gasteiger partial charge in [0.2, 0.25) is 5.91 Å². The van der Waals surface area contributed by atoms with Gasteiger partial charge in [0.1, 0.15) is 10.6 Å². The molecule has 0 radical (unpaired) electrons. The molecule has 1 amide bonds. The van der Waals surface area contributed by atoms with Crippen molar-refractivity contribution in [3.63, 3.8) is 0 Å². The third-order valence-corrected chi connectivity index (χ3v) is 3.36. The second kappa shape index (κ2) is 7.38. The molecule has 1 heterocycles. The van der Waals surface area contributed by atoms with Gasteiger partial charge >= 0.3 is 5.97 Å². The van der Waals surface area contributed by atoms with E-state index in [9.17, 15) is 9.59 Å². The van der Waals surface area contributed by atoms with Gasteiger partial charge in [0, 0.05) is 18.0 Å². The first-order chi connectivity index (χ1) is 9.31. The SMILES string of the molecule is CCC(NC(=O)CCC(=O)OC(C)(C)C)c1nccs1. The smallest absolute Gasteiger partial charge is 0.306 e. The average molecular weight is 298 g/mol. The number of carbonyl (C=O) groups is 2. The average Bonchev–Trinajstić information content (AvgIpc) is 2.85. The summed E-state index contributed by atoms with van der Waals surface area (Å²) in [7, 11) is 0. The fraction of sp³-hybridized carbons (Fsp3) is 0.643. The molecule has 112 valence electrons. The summed E-state index contributed by atoms with van der Waals surface area (Å²) in [4.78, 5) is 27.6. The molecule has 1 atom stereocenters. The third-order valence-electron chi connectivity index (χ3n) is 2.47. The van der Waals surface area contributed by atoms with Gasteiger partial charge in [-0.25, -0.2) is 4.98 Å². The van der Waals surface area contributed by atoms with E-state index in [0.29, 0.717) is 0 Å². The number of rotatable bonds is 6. The lowest BCUT2D eigenvalue weighted by atomic mass is 10.2. The van der Waals surface area contributed by atoms with Crippen LogP contribution in [0.2, 0.25) is 0 Å². The van der Waals surface area contributed by atoms with Crippen LogP contribution in [0.3, 0.4) is 0 Å². The minimum absolute atomic E-state index is 0.0823. The molecule has 20 heavy (non-hydrogen) atoms. The molecule has 6 heteroatoms. The van der Waals surface area contributed by atoms with E-state index in [4.69, 9.17) is 4.74 Å². The predicted octanol–water partition coefficient (Wildman–Crippen LogP) is 2.83. The van der Waals surface area contributed by atoms with E-state index in [1.54, 1.807) is 27.0 Å². The number of hydrogen-bond donors (Lipinski definition) is 1. The molecule has 0 saturated heterocycles. The quantitative estimate of drug-likeness (QED) is 0.820. The molecule has 1 aromatic heterocycles. The molecule has 1 rings (SSSR count). The second-order valence-corrected chi connectivity index (χ2v) is 6.41. The van der Waals surface area contributed by atoms with Crippen LogP contribution in [0.25, 0.3) is 0 Å². The monoisotopic (exact) mass is 298 g/mol. The molecule has 0 aliphatic heterocycles. The minimum atomic E-state index is -0.513. The summed E-state index contributed by atoms with van der Waals surface area (Å²) in [5, 5.41) is 5.66. The standard InChI is InChI=1S/C14H22N2O3S/c1-5-10(13-15-8-9-20-13)16-11(17)6-7-12(18)19-14(2,3)4/h8-10H,5-7H2,1-4H3,(H,16,17). The molecule has 0 aliphatic carbocycles. The van der Waals surface area contributed by atoms with Crippen molar-refractivity contribution in [2.75, 3.05) is 0 Å². The molecule has 1 N–H and O–H groups in total. The van der Waals surface area contributed by atoms with Gasteiger partial charge < -0.3 is 10.1 Å². The van der Waals surface area contributed by atoms with Crippen LogP contribution < -0.4 is 5.32 Å². The van der Waals surface area contributed by atoms with E-state index in [2.05, 4.69) is 10.3 Å². The van der Waals surface area contributed by atoms with E-state index < -0.39 is 5.60 Å². The number of esters is 1. The number of aromatic nitrogens is 1. The van der Waals surface area contributed by atoms with Crippen molar-refractivity contribution < 1.29 is 14.3 Å². The molecule has 0 spiro atoms. The molecule has 0 bridgehead atoms. The Morgan fingerprint density at radius 1 is 1.40 bits per heavy atom. The highest BCUT2D eigenvalue weighted by molar-refractivity contribution is 7.09. The molecule has 0 aromatic carbocycles. The summed E-state index contributed by atoms with van der Waals surface area (Å²) < 4.78 is 5.16. The Labute approximate surface area is 123 Å². The number of nitrogens with one attached hydrogen (secondary N) is 1. The Kier molecular flexibility index (Phi) is 6.13. The van der Waals surface area contributed by atoms with Crippen molar-refractivity contribution in [3.05, 3.63) is 16.6 Å². The first-order valence-corrected chi connectivity index (χ1v) is 7.60. The maximum absolute atomic E-state index is 11.8. The highest BCUT2D eigenvalue weighted by atomic mass is 32.1. The molecule has 1 unspecified atom stereocenters. The van der Waals surface area contributed by atoms with Crippen LogP contribution >= 0.6 is 11.3 Å². The van der Waals surface area contributed by atoms with Crippen LogP contribution in [0, 0.1) is 0 Å². The largest absolute Gasteiger partial charge is 0.460 e. The Bertz CT molecular complexity index is 438. The lowest BCUT2D eigenvalue weighted by Crippen LogP contribution is -2.29. The Balaban J connectivity index is 2.38. The highest BCUT2D eigenvalue weighted by Gasteiger charge is 2.19. The van der Waals surface area contributed by atoms with Gasteiger partial charge in [0.15, 0.2) is 0 Å². The van der Waals surface area contributed by atoms with Crippen molar-refractivity contribution in [3.8, 4) is 0 Å². The van der Waals surface area contributed by atoms with Crippen molar-refractivity contribution in [2.45, 2.75) is 58.6 Å². The molecule has 5 nitrogen and oxygen atoms in total. The van der Waals surface area contributed by atoms with Gasteiger partial charge in [-0.3, -0.25) is 9.59 Å². The summed E-state index contributed by atoms with van der Waals surface area (Å²) in [6, 6.07) is -0.0823. The topological polar surface area (TPSA) is 68.3 Å². The van der Waals surface area contributed by atoms with Crippen LogP contribution in [0.1, 0.15) is 58.0 Å². The van der Waals surface area contributed by atoms with Crippen molar-refractivity contribution in [1.82, 2.24) is 10.3 Å². The number of ether oxygens (including phenoxy) is 1. The molecular weight excluding hydrogens is 276 g/mol. The second-order valence-electron chi connectivity index (χ2n) is 5.49. The predicted molar refractivity (Wildman–Crippen MR) is 78.4 cm³/mol. The number of carbonyl (C=O) groups excluding carboxylic acids is 2. The summed E-state index contributed by atoms with van der Waals surface area (Å²) in [6.45, 7) is 7.40. The number of thiazole rings is 1. The Morgan fingerprint density at radius 2 is 2.10 bits per heavy atom. The lowest BCUT2D eigenvalue weighted by molar-refractivity contribution is -0.155. The summed E-state index contributed by atoms with van der Waals surface area (Å²) in [6.07, 6.45) is 2.72. The van der Waals surface area contributed by atoms with Crippen LogP contribution in [0.5, 0.6) is 0 Å². The zero-order valence-electron chi connectivity index (χ0n) is 12.4. The van der Waals surface area contributed by atoms with E-state index in [0.717, 1.165) is 11.4 Å². The van der Waals surface area contributed by atoms with Gasteiger partial charge in [-0.2, -0.15) is 0 Å². The first kappa shape index (κ1) is 16.6. The van der Waals surface area contributed by atoms with E-state index in [1.165, 1.54) is 11.3 Å². The summed E-state index contributed by atoms with van der Waals surface area (Å²) in [5.74, 6) is -0.507. The third kappa shape index (κ3) is 6.14. The zero-order valence-corrected chi connectivity index (χ0v) is 13.3. The van der Waals surface area contributed by atoms with E-state index in [-0.39, 0.29) is 30.8 Å². The molecule has 0 aliphatic rings. The van der Waals surface area contributed by atoms with Crippen LogP contribution in [0.4, 0.5) is 0 Å². The minimum Gasteiger partial charge on any atom is -0.460 e. The van der Waals surface area contributed by atoms with E-state index in [1.807, 2.05) is 12.3 Å². The van der Waals surface area contributed by atoms with Crippen LogP contribution in [-0.4, -0.2) is 22.5 Å². The van der Waals surface area contributed by atoms with Crippen LogP contribution in [-0.2, 0) is 14.3 Å². The molecule has 0 saturated carbocycles. The summed E-state index contributed by atoms with van der Waals surface area (Å²) >= 11 is 1.51. The summed E-state index contributed by atoms with van der Waals surface area (Å²) in [5.41, 5.74) is -0.513. The van der Waals surface area contributed by atoms with Crippen molar-refractivity contribution >= 4 is 23.2 Å². The van der Waals surface area contributed by atoms with Gasteiger partial charge in [-0.05, 0) is 27.2 Å². The van der Waals surface area contributed by atoms with Crippen molar-refractivity contribution in [1.29, 1.82) is 0 Å². The van der Waals surface area contributed by atoms with Crippen molar-refractivity contribution in [2.24, 2.45) is 0 Å². The number of nitrogens with zero attached hydrogens (tertiary/aromatic N) is 1. The fourth-order valence-electron chi connectivity index (χ4n) is 1.62. The Hall–Kier alpha value is -1.43. The fourth-order valence-corrected chi connectivity index (χ4v) is 2.39. The molecular formula is C14H22N2O3S. The van der Waals surface area contributed by atoms with Gasteiger partial charge in [0.25, 0.3) is 0 Å². The van der Waals surface area contributed by atoms with Gasteiger partial charge in [0.05, 0.1) is 12.5 Å². The van der Waals surface area contributed by atoms with Gasteiger partial charge in [-0.15, -0.1) is 11.3 Å². The highest BCUT2D eigenvalue weighted by Crippen LogP contribution is 2.19. The van der Waals surface area contributed by atoms with Crippen LogP contribution in [0.15, 0.2) is 11.6 Å². The normalized spacial score (nSPS) is 12.8. The maximum Gasteiger partial charge on any atom is 0.306 e. The zero-order chi connectivity index (χ0) is 15.2.